The molecule has 4 heteroatoms. The van der Waals surface area contributed by atoms with Gasteiger partial charge in [0.1, 0.15) is 0 Å². The lowest BCUT2D eigenvalue weighted by Gasteiger charge is -2.17. The topological polar surface area (TPSA) is 68.4 Å². The number of hydrogen-bond donors (Lipinski definition) is 2. The minimum Gasteiger partial charge on any atom is -0.398 e. The molecule has 2 heterocycles. The lowest BCUT2D eigenvalue weighted by Crippen LogP contribution is -2.27. The van der Waals surface area contributed by atoms with Crippen LogP contribution in [0.3, 0.4) is 0 Å². The Balaban J connectivity index is 1.99. The smallest absolute Gasteiger partial charge is 0.0843 e. The van der Waals surface area contributed by atoms with Crippen molar-refractivity contribution >= 4 is 5.69 Å². The van der Waals surface area contributed by atoms with E-state index >= 15 is 0 Å². The fourth-order valence-electron chi connectivity index (χ4n) is 1.87. The highest BCUT2D eigenvalue weighted by Crippen LogP contribution is 2.20. The first-order chi connectivity index (χ1) is 7.27. The van der Waals surface area contributed by atoms with Crippen molar-refractivity contribution < 1.29 is 9.84 Å². The minimum absolute atomic E-state index is 0.0374. The Bertz CT molecular complexity index is 324. The molecule has 2 atom stereocenters. The Morgan fingerprint density at radius 1 is 1.67 bits per heavy atom. The molecular formula is C11H16N2O2. The van der Waals surface area contributed by atoms with Crippen molar-refractivity contribution in [3.8, 4) is 0 Å². The largest absolute Gasteiger partial charge is 0.398 e. The second kappa shape index (κ2) is 4.59. The number of ether oxygens (including phenoxy) is 1. The zero-order chi connectivity index (χ0) is 10.7. The molecule has 2 unspecified atom stereocenters. The SMILES string of the molecule is Nc1ccncc1CC(O)C1CCCO1. The van der Waals surface area contributed by atoms with E-state index < -0.39 is 6.10 Å². The lowest BCUT2D eigenvalue weighted by atomic mass is 10.0. The molecule has 3 N–H and O–H groups in total. The molecule has 1 saturated heterocycles. The third kappa shape index (κ3) is 2.46. The number of aromatic nitrogens is 1. The first-order valence-corrected chi connectivity index (χ1v) is 5.25. The number of nitrogens with zero attached hydrogens (tertiary/aromatic N) is 1. The number of anilines is 1. The van der Waals surface area contributed by atoms with Gasteiger partial charge in [0, 0.05) is 31.1 Å². The number of aliphatic hydroxyl groups is 1. The zero-order valence-electron chi connectivity index (χ0n) is 8.60. The van der Waals surface area contributed by atoms with Crippen LogP contribution in [0.1, 0.15) is 18.4 Å². The Morgan fingerprint density at radius 3 is 3.20 bits per heavy atom. The van der Waals surface area contributed by atoms with Gasteiger partial charge in [-0.1, -0.05) is 0 Å². The number of aliphatic hydroxyl groups excluding tert-OH is 1. The van der Waals surface area contributed by atoms with Gasteiger partial charge in [-0.25, -0.2) is 0 Å². The summed E-state index contributed by atoms with van der Waals surface area (Å²) in [5.74, 6) is 0. The molecule has 2 rings (SSSR count). The molecule has 0 saturated carbocycles. The van der Waals surface area contributed by atoms with Crippen LogP contribution in [0.5, 0.6) is 0 Å². The molecule has 0 radical (unpaired) electrons. The van der Waals surface area contributed by atoms with E-state index in [4.69, 9.17) is 10.5 Å². The first kappa shape index (κ1) is 10.4. The molecular weight excluding hydrogens is 192 g/mol. The standard InChI is InChI=1S/C11H16N2O2/c12-9-3-4-13-7-8(9)6-10(14)11-2-1-5-15-11/h3-4,7,10-11,14H,1-2,5-6H2,(H2,12,13). The van der Waals surface area contributed by atoms with Crippen LogP contribution in [0, 0.1) is 0 Å². The highest BCUT2D eigenvalue weighted by molar-refractivity contribution is 5.44. The van der Waals surface area contributed by atoms with Crippen LogP contribution >= 0.6 is 0 Å². The van der Waals surface area contributed by atoms with E-state index in [1.165, 1.54) is 0 Å². The van der Waals surface area contributed by atoms with E-state index in [-0.39, 0.29) is 6.10 Å². The van der Waals surface area contributed by atoms with Gasteiger partial charge >= 0.3 is 0 Å². The van der Waals surface area contributed by atoms with Crippen LogP contribution in [0.15, 0.2) is 18.5 Å². The summed E-state index contributed by atoms with van der Waals surface area (Å²) in [6.45, 7) is 0.754. The maximum Gasteiger partial charge on any atom is 0.0843 e. The van der Waals surface area contributed by atoms with E-state index in [1.807, 2.05) is 0 Å². The second-order valence-electron chi connectivity index (χ2n) is 3.90. The van der Waals surface area contributed by atoms with Gasteiger partial charge in [-0.15, -0.1) is 0 Å². The molecule has 1 aliphatic heterocycles. The van der Waals surface area contributed by atoms with Gasteiger partial charge in [-0.05, 0) is 24.5 Å². The minimum atomic E-state index is -0.473. The van der Waals surface area contributed by atoms with Crippen molar-refractivity contribution in [1.82, 2.24) is 4.98 Å². The predicted octanol–water partition coefficient (Wildman–Crippen LogP) is 0.746. The van der Waals surface area contributed by atoms with Crippen molar-refractivity contribution in [3.63, 3.8) is 0 Å². The van der Waals surface area contributed by atoms with E-state index in [9.17, 15) is 5.11 Å². The van der Waals surface area contributed by atoms with E-state index in [1.54, 1.807) is 18.5 Å². The molecule has 0 aliphatic carbocycles. The average Bonchev–Trinajstić information content (AvgIpc) is 2.74. The third-order valence-corrected chi connectivity index (χ3v) is 2.76. The van der Waals surface area contributed by atoms with Gasteiger partial charge in [0.05, 0.1) is 12.2 Å². The molecule has 0 bridgehead atoms. The number of nitrogens with two attached hydrogens (primary N) is 1. The van der Waals surface area contributed by atoms with Crippen LogP contribution in [-0.2, 0) is 11.2 Å². The summed E-state index contributed by atoms with van der Waals surface area (Å²) in [4.78, 5) is 3.99. The van der Waals surface area contributed by atoms with Gasteiger partial charge in [-0.2, -0.15) is 0 Å². The molecule has 1 aromatic heterocycles. The van der Waals surface area contributed by atoms with Crippen molar-refractivity contribution in [1.29, 1.82) is 0 Å². The number of hydrogen-bond acceptors (Lipinski definition) is 4. The molecule has 0 aromatic carbocycles. The molecule has 15 heavy (non-hydrogen) atoms. The molecule has 0 spiro atoms. The summed E-state index contributed by atoms with van der Waals surface area (Å²) in [5, 5.41) is 9.92. The quantitative estimate of drug-likeness (QED) is 0.769. The Kier molecular flexibility index (Phi) is 3.18. The van der Waals surface area contributed by atoms with Crippen molar-refractivity contribution in [3.05, 3.63) is 24.0 Å². The van der Waals surface area contributed by atoms with Gasteiger partial charge in [0.2, 0.25) is 0 Å². The van der Waals surface area contributed by atoms with E-state index in [2.05, 4.69) is 4.98 Å². The van der Waals surface area contributed by atoms with Crippen LogP contribution in [0.4, 0.5) is 5.69 Å². The van der Waals surface area contributed by atoms with Gasteiger partial charge in [0.15, 0.2) is 0 Å². The number of pyridine rings is 1. The van der Waals surface area contributed by atoms with Crippen molar-refractivity contribution in [2.45, 2.75) is 31.5 Å². The summed E-state index contributed by atoms with van der Waals surface area (Å²) in [5.41, 5.74) is 7.35. The second-order valence-corrected chi connectivity index (χ2v) is 3.90. The Morgan fingerprint density at radius 2 is 2.53 bits per heavy atom. The molecule has 4 nitrogen and oxygen atoms in total. The van der Waals surface area contributed by atoms with Gasteiger partial charge in [0.25, 0.3) is 0 Å². The van der Waals surface area contributed by atoms with Gasteiger partial charge in [-0.3, -0.25) is 4.98 Å². The molecule has 1 fully saturated rings. The Labute approximate surface area is 89.1 Å². The highest BCUT2D eigenvalue weighted by Gasteiger charge is 2.24. The lowest BCUT2D eigenvalue weighted by molar-refractivity contribution is -0.000730. The monoisotopic (exact) mass is 208 g/mol. The van der Waals surface area contributed by atoms with Crippen LogP contribution in [0.2, 0.25) is 0 Å². The molecule has 1 aliphatic rings. The fourth-order valence-corrected chi connectivity index (χ4v) is 1.87. The van der Waals surface area contributed by atoms with Crippen molar-refractivity contribution in [2.24, 2.45) is 0 Å². The third-order valence-electron chi connectivity index (χ3n) is 2.76. The summed E-state index contributed by atoms with van der Waals surface area (Å²) in [6, 6.07) is 1.75. The predicted molar refractivity (Wildman–Crippen MR) is 57.3 cm³/mol. The zero-order valence-corrected chi connectivity index (χ0v) is 8.60. The van der Waals surface area contributed by atoms with Crippen LogP contribution in [-0.4, -0.2) is 28.9 Å². The summed E-state index contributed by atoms with van der Waals surface area (Å²) < 4.78 is 5.42. The van der Waals surface area contributed by atoms with Crippen molar-refractivity contribution in [2.75, 3.05) is 12.3 Å². The average molecular weight is 208 g/mol. The molecule has 1 aromatic rings. The first-order valence-electron chi connectivity index (χ1n) is 5.25. The van der Waals surface area contributed by atoms with Crippen LogP contribution in [0.25, 0.3) is 0 Å². The molecule has 0 amide bonds. The summed E-state index contributed by atoms with van der Waals surface area (Å²) >= 11 is 0. The number of nitrogen functional groups attached to an aromatic ring is 1. The summed E-state index contributed by atoms with van der Waals surface area (Å²) in [6.07, 6.45) is 5.32. The highest BCUT2D eigenvalue weighted by atomic mass is 16.5. The number of rotatable bonds is 3. The maximum absolute atomic E-state index is 9.92. The van der Waals surface area contributed by atoms with E-state index in [0.717, 1.165) is 25.0 Å². The maximum atomic E-state index is 9.92. The fraction of sp³-hybridized carbons (Fsp3) is 0.545. The normalized spacial score (nSPS) is 22.9. The van der Waals surface area contributed by atoms with Crippen LogP contribution < -0.4 is 5.73 Å². The molecule has 82 valence electrons. The van der Waals surface area contributed by atoms with Gasteiger partial charge < -0.3 is 15.6 Å². The Hall–Kier alpha value is -1.13. The van der Waals surface area contributed by atoms with E-state index in [0.29, 0.717) is 12.1 Å². The summed E-state index contributed by atoms with van der Waals surface area (Å²) in [7, 11) is 0.